The molecule has 7 heteroatoms. The van der Waals surface area contributed by atoms with Crippen LogP contribution in [-0.4, -0.2) is 47.2 Å². The fraction of sp³-hybridized carbons (Fsp3) is 0.231. The predicted molar refractivity (Wildman–Crippen MR) is 127 cm³/mol. The van der Waals surface area contributed by atoms with E-state index in [9.17, 15) is 4.79 Å². The first-order valence-corrected chi connectivity index (χ1v) is 11.1. The number of ether oxygens (including phenoxy) is 1. The molecule has 1 aliphatic rings. The molecule has 1 N–H and O–H groups in total. The van der Waals surface area contributed by atoms with Crippen LogP contribution in [0, 0.1) is 0 Å². The third-order valence-electron chi connectivity index (χ3n) is 5.84. The maximum Gasteiger partial charge on any atom is 0.323 e. The number of amides is 2. The summed E-state index contributed by atoms with van der Waals surface area (Å²) in [6.45, 7) is 4.38. The van der Waals surface area contributed by atoms with Gasteiger partial charge in [-0.2, -0.15) is 0 Å². The van der Waals surface area contributed by atoms with Crippen LogP contribution in [0.1, 0.15) is 11.1 Å². The third kappa shape index (κ3) is 5.15. The van der Waals surface area contributed by atoms with Gasteiger partial charge in [0, 0.05) is 32.7 Å². The first-order chi connectivity index (χ1) is 16.2. The number of fused-ring (bicyclic) bond motifs is 1. The number of carbonyl (C=O) groups is 1. The van der Waals surface area contributed by atoms with E-state index in [1.807, 2.05) is 59.5 Å². The van der Waals surface area contributed by atoms with Crippen molar-refractivity contribution in [3.05, 3.63) is 90.0 Å². The Hall–Kier alpha value is -3.84. The van der Waals surface area contributed by atoms with E-state index in [-0.39, 0.29) is 6.03 Å². The SMILES string of the molecule is O=C(Nc1noc2ccccc12)N1CCN(Cc2ccc(OCc3ccccc3)cc2)CC1. The van der Waals surface area contributed by atoms with Gasteiger partial charge in [-0.15, -0.1) is 0 Å². The van der Waals surface area contributed by atoms with E-state index in [0.29, 0.717) is 31.1 Å². The normalized spacial score (nSPS) is 14.4. The van der Waals surface area contributed by atoms with Gasteiger partial charge in [-0.3, -0.25) is 10.2 Å². The van der Waals surface area contributed by atoms with Crippen molar-refractivity contribution in [2.24, 2.45) is 0 Å². The summed E-state index contributed by atoms with van der Waals surface area (Å²) in [5, 5.41) is 7.67. The lowest BCUT2D eigenvalue weighted by atomic mass is 10.2. The van der Waals surface area contributed by atoms with E-state index < -0.39 is 0 Å². The lowest BCUT2D eigenvalue weighted by Crippen LogP contribution is -2.49. The Balaban J connectivity index is 1.09. The molecule has 0 spiro atoms. The second kappa shape index (κ2) is 9.75. The largest absolute Gasteiger partial charge is 0.489 e. The van der Waals surface area contributed by atoms with Gasteiger partial charge in [0.15, 0.2) is 11.4 Å². The average molecular weight is 443 g/mol. The Kier molecular flexibility index (Phi) is 6.21. The number of benzene rings is 3. The molecular weight excluding hydrogens is 416 g/mol. The van der Waals surface area contributed by atoms with Crippen molar-refractivity contribution in [3.8, 4) is 5.75 Å². The molecule has 2 heterocycles. The number of nitrogens with zero attached hydrogens (tertiary/aromatic N) is 3. The van der Waals surface area contributed by atoms with Crippen LogP contribution in [0.2, 0.25) is 0 Å². The molecule has 0 unspecified atom stereocenters. The summed E-state index contributed by atoms with van der Waals surface area (Å²) in [4.78, 5) is 16.9. The second-order valence-corrected chi connectivity index (χ2v) is 8.14. The van der Waals surface area contributed by atoms with E-state index >= 15 is 0 Å². The van der Waals surface area contributed by atoms with Crippen molar-refractivity contribution < 1.29 is 14.1 Å². The number of anilines is 1. The van der Waals surface area contributed by atoms with Crippen molar-refractivity contribution >= 4 is 22.8 Å². The lowest BCUT2D eigenvalue weighted by molar-refractivity contribution is 0.143. The highest BCUT2D eigenvalue weighted by molar-refractivity contribution is 5.98. The summed E-state index contributed by atoms with van der Waals surface area (Å²) < 4.78 is 11.1. The number of hydrogen-bond donors (Lipinski definition) is 1. The number of nitrogens with one attached hydrogen (secondary N) is 1. The Morgan fingerprint density at radius 1 is 0.879 bits per heavy atom. The van der Waals surface area contributed by atoms with Crippen molar-refractivity contribution in [1.82, 2.24) is 15.0 Å². The molecule has 33 heavy (non-hydrogen) atoms. The fourth-order valence-electron chi connectivity index (χ4n) is 3.96. The molecule has 1 aromatic heterocycles. The van der Waals surface area contributed by atoms with Gasteiger partial charge in [-0.1, -0.05) is 59.8 Å². The van der Waals surface area contributed by atoms with Crippen molar-refractivity contribution in [2.75, 3.05) is 31.5 Å². The van der Waals surface area contributed by atoms with Crippen LogP contribution in [-0.2, 0) is 13.2 Å². The van der Waals surface area contributed by atoms with Crippen molar-refractivity contribution in [2.45, 2.75) is 13.2 Å². The van der Waals surface area contributed by atoms with Crippen LogP contribution in [0.3, 0.4) is 0 Å². The van der Waals surface area contributed by atoms with Gasteiger partial charge in [0.05, 0.1) is 5.39 Å². The molecule has 4 aromatic rings. The number of piperazine rings is 1. The van der Waals surface area contributed by atoms with E-state index in [0.717, 1.165) is 36.3 Å². The second-order valence-electron chi connectivity index (χ2n) is 8.14. The van der Waals surface area contributed by atoms with E-state index in [1.54, 1.807) is 0 Å². The summed E-state index contributed by atoms with van der Waals surface area (Å²) in [7, 11) is 0. The van der Waals surface area contributed by atoms with Crippen LogP contribution < -0.4 is 10.1 Å². The molecule has 0 atom stereocenters. The number of carbonyl (C=O) groups excluding carboxylic acids is 1. The first kappa shape index (κ1) is 21.0. The monoisotopic (exact) mass is 442 g/mol. The number of hydrogen-bond acceptors (Lipinski definition) is 5. The maximum absolute atomic E-state index is 12.7. The Morgan fingerprint density at radius 3 is 2.39 bits per heavy atom. The minimum atomic E-state index is -0.145. The zero-order chi connectivity index (χ0) is 22.5. The number of rotatable bonds is 6. The highest BCUT2D eigenvalue weighted by Crippen LogP contribution is 2.22. The molecule has 168 valence electrons. The van der Waals surface area contributed by atoms with Crippen LogP contribution in [0.4, 0.5) is 10.6 Å². The Labute approximate surface area is 192 Å². The summed E-state index contributed by atoms with van der Waals surface area (Å²) >= 11 is 0. The highest BCUT2D eigenvalue weighted by atomic mass is 16.5. The van der Waals surface area contributed by atoms with Gasteiger partial charge in [-0.25, -0.2) is 4.79 Å². The van der Waals surface area contributed by atoms with Gasteiger partial charge in [-0.05, 0) is 35.4 Å². The molecule has 1 aliphatic heterocycles. The standard InChI is InChI=1S/C26H26N4O3/c31-26(27-25-23-8-4-5-9-24(23)33-28-25)30-16-14-29(15-17-30)18-20-10-12-22(13-11-20)32-19-21-6-2-1-3-7-21/h1-13H,14-19H2,(H,27,28,31). The molecule has 0 bridgehead atoms. The van der Waals surface area contributed by atoms with Crippen LogP contribution >= 0.6 is 0 Å². The third-order valence-corrected chi connectivity index (χ3v) is 5.84. The minimum absolute atomic E-state index is 0.145. The van der Waals surface area contributed by atoms with Crippen LogP contribution in [0.15, 0.2) is 83.4 Å². The summed E-state index contributed by atoms with van der Waals surface area (Å²) in [6, 6.07) is 25.7. The molecule has 5 rings (SSSR count). The van der Waals surface area contributed by atoms with E-state index in [2.05, 4.69) is 39.6 Å². The van der Waals surface area contributed by atoms with Gasteiger partial charge < -0.3 is 14.2 Å². The molecule has 1 fully saturated rings. The Morgan fingerprint density at radius 2 is 1.61 bits per heavy atom. The zero-order valence-electron chi connectivity index (χ0n) is 18.3. The molecule has 0 saturated carbocycles. The summed E-state index contributed by atoms with van der Waals surface area (Å²) in [5.41, 5.74) is 3.04. The molecule has 0 radical (unpaired) electrons. The molecule has 7 nitrogen and oxygen atoms in total. The van der Waals surface area contributed by atoms with Crippen LogP contribution in [0.5, 0.6) is 5.75 Å². The molecule has 0 aliphatic carbocycles. The topological polar surface area (TPSA) is 70.8 Å². The molecule has 3 aromatic carbocycles. The average Bonchev–Trinajstić information content (AvgIpc) is 3.27. The zero-order valence-corrected chi connectivity index (χ0v) is 18.3. The van der Waals surface area contributed by atoms with Crippen molar-refractivity contribution in [3.63, 3.8) is 0 Å². The maximum atomic E-state index is 12.7. The minimum Gasteiger partial charge on any atom is -0.489 e. The summed E-state index contributed by atoms with van der Waals surface area (Å²) in [5.74, 6) is 1.33. The quantitative estimate of drug-likeness (QED) is 0.466. The Bertz CT molecular complexity index is 1200. The van der Waals surface area contributed by atoms with Gasteiger partial charge in [0.1, 0.15) is 12.4 Å². The summed E-state index contributed by atoms with van der Waals surface area (Å²) in [6.07, 6.45) is 0. The fourth-order valence-corrected chi connectivity index (χ4v) is 3.96. The van der Waals surface area contributed by atoms with Gasteiger partial charge >= 0.3 is 6.03 Å². The van der Waals surface area contributed by atoms with E-state index in [4.69, 9.17) is 9.26 Å². The number of aromatic nitrogens is 1. The first-order valence-electron chi connectivity index (χ1n) is 11.1. The van der Waals surface area contributed by atoms with Gasteiger partial charge in [0.25, 0.3) is 0 Å². The smallest absolute Gasteiger partial charge is 0.323 e. The number of urea groups is 1. The highest BCUT2D eigenvalue weighted by Gasteiger charge is 2.22. The van der Waals surface area contributed by atoms with Crippen molar-refractivity contribution in [1.29, 1.82) is 0 Å². The number of para-hydroxylation sites is 1. The van der Waals surface area contributed by atoms with Gasteiger partial charge in [0.2, 0.25) is 0 Å². The van der Waals surface area contributed by atoms with E-state index in [1.165, 1.54) is 5.56 Å². The molecule has 1 saturated heterocycles. The predicted octanol–water partition coefficient (Wildman–Crippen LogP) is 4.76. The lowest BCUT2D eigenvalue weighted by Gasteiger charge is -2.34. The molecular formula is C26H26N4O3. The molecule has 2 amide bonds. The van der Waals surface area contributed by atoms with Crippen LogP contribution in [0.25, 0.3) is 11.0 Å².